The molecule has 2 rings (SSSR count). The standard InChI is InChI=1S/C15H22FNO/c1-11-3-6-13(7-4-11)17(2)15-8-5-12(10-18)9-14(15)16/h5,8-9,11,13,18H,3-4,6-7,10H2,1-2H3. The predicted molar refractivity (Wildman–Crippen MR) is 72.1 cm³/mol. The molecule has 0 radical (unpaired) electrons. The van der Waals surface area contributed by atoms with Crippen molar-refractivity contribution in [1.29, 1.82) is 0 Å². The second-order valence-corrected chi connectivity index (χ2v) is 5.47. The Labute approximate surface area is 108 Å². The van der Waals surface area contributed by atoms with Crippen LogP contribution < -0.4 is 4.90 Å². The lowest BCUT2D eigenvalue weighted by molar-refractivity contribution is 0.281. The molecule has 18 heavy (non-hydrogen) atoms. The van der Waals surface area contributed by atoms with Gasteiger partial charge in [0.15, 0.2) is 0 Å². The second-order valence-electron chi connectivity index (χ2n) is 5.47. The highest BCUT2D eigenvalue weighted by molar-refractivity contribution is 5.49. The first-order valence-electron chi connectivity index (χ1n) is 6.74. The molecule has 3 heteroatoms. The Balaban J connectivity index is 2.11. The molecule has 0 unspecified atom stereocenters. The number of nitrogens with zero attached hydrogens (tertiary/aromatic N) is 1. The minimum Gasteiger partial charge on any atom is -0.392 e. The molecule has 1 N–H and O–H groups in total. The third-order valence-electron chi connectivity index (χ3n) is 4.11. The number of aliphatic hydroxyl groups excluding tert-OH is 1. The summed E-state index contributed by atoms with van der Waals surface area (Å²) in [6, 6.07) is 5.44. The highest BCUT2D eigenvalue weighted by Crippen LogP contribution is 2.30. The van der Waals surface area contributed by atoms with Crippen molar-refractivity contribution in [1.82, 2.24) is 0 Å². The molecule has 2 nitrogen and oxygen atoms in total. The number of benzene rings is 1. The molecule has 1 aromatic carbocycles. The summed E-state index contributed by atoms with van der Waals surface area (Å²) in [5, 5.41) is 8.99. The van der Waals surface area contributed by atoms with Crippen LogP contribution in [0.3, 0.4) is 0 Å². The largest absolute Gasteiger partial charge is 0.392 e. The molecule has 0 saturated heterocycles. The van der Waals surface area contributed by atoms with Crippen molar-refractivity contribution in [3.8, 4) is 0 Å². The highest BCUT2D eigenvalue weighted by atomic mass is 19.1. The lowest BCUT2D eigenvalue weighted by Crippen LogP contribution is -2.35. The summed E-state index contributed by atoms with van der Waals surface area (Å²) >= 11 is 0. The molecule has 0 atom stereocenters. The molecule has 1 aliphatic rings. The van der Waals surface area contributed by atoms with Gasteiger partial charge in [-0.15, -0.1) is 0 Å². The van der Waals surface area contributed by atoms with Crippen LogP contribution in [0, 0.1) is 11.7 Å². The van der Waals surface area contributed by atoms with Gasteiger partial charge in [0.2, 0.25) is 0 Å². The fourth-order valence-corrected chi connectivity index (χ4v) is 2.76. The molecule has 1 aliphatic carbocycles. The molecule has 0 aliphatic heterocycles. The summed E-state index contributed by atoms with van der Waals surface area (Å²) < 4.78 is 14.0. The van der Waals surface area contributed by atoms with Crippen LogP contribution in [0.4, 0.5) is 10.1 Å². The molecule has 0 aromatic heterocycles. The maximum Gasteiger partial charge on any atom is 0.146 e. The Morgan fingerprint density at radius 3 is 2.50 bits per heavy atom. The molecule has 1 fully saturated rings. The van der Waals surface area contributed by atoms with Gasteiger partial charge < -0.3 is 10.0 Å². The monoisotopic (exact) mass is 251 g/mol. The van der Waals surface area contributed by atoms with Crippen LogP contribution in [0.2, 0.25) is 0 Å². The van der Waals surface area contributed by atoms with Gasteiger partial charge in [0, 0.05) is 13.1 Å². The Hall–Kier alpha value is -1.09. The second kappa shape index (κ2) is 5.70. The van der Waals surface area contributed by atoms with Crippen molar-refractivity contribution in [2.75, 3.05) is 11.9 Å². The number of halogens is 1. The molecule has 1 aromatic rings. The van der Waals surface area contributed by atoms with Crippen LogP contribution in [0.15, 0.2) is 18.2 Å². The van der Waals surface area contributed by atoms with Crippen LogP contribution >= 0.6 is 0 Å². The van der Waals surface area contributed by atoms with Crippen molar-refractivity contribution in [2.24, 2.45) is 5.92 Å². The average molecular weight is 251 g/mol. The topological polar surface area (TPSA) is 23.5 Å². The van der Waals surface area contributed by atoms with Crippen molar-refractivity contribution >= 4 is 5.69 Å². The van der Waals surface area contributed by atoms with Gasteiger partial charge in [-0.3, -0.25) is 0 Å². The Morgan fingerprint density at radius 1 is 1.28 bits per heavy atom. The van der Waals surface area contributed by atoms with Gasteiger partial charge in [0.1, 0.15) is 5.82 Å². The summed E-state index contributed by atoms with van der Waals surface area (Å²) in [6.07, 6.45) is 4.73. The zero-order valence-electron chi connectivity index (χ0n) is 11.2. The molecule has 0 amide bonds. The zero-order chi connectivity index (χ0) is 13.1. The molecular weight excluding hydrogens is 229 g/mol. The van der Waals surface area contributed by atoms with Crippen molar-refractivity contribution in [3.63, 3.8) is 0 Å². The van der Waals surface area contributed by atoms with Gasteiger partial charge in [-0.2, -0.15) is 0 Å². The molecular formula is C15H22FNO. The van der Waals surface area contributed by atoms with Gasteiger partial charge in [0.25, 0.3) is 0 Å². The number of hydrogen-bond donors (Lipinski definition) is 1. The van der Waals surface area contributed by atoms with Crippen molar-refractivity contribution in [2.45, 2.75) is 45.3 Å². The fourth-order valence-electron chi connectivity index (χ4n) is 2.76. The van der Waals surface area contributed by atoms with Crippen LogP contribution in [0.25, 0.3) is 0 Å². The van der Waals surface area contributed by atoms with Gasteiger partial charge in [-0.25, -0.2) is 4.39 Å². The third-order valence-corrected chi connectivity index (χ3v) is 4.11. The maximum atomic E-state index is 14.0. The fraction of sp³-hybridized carbons (Fsp3) is 0.600. The first kappa shape index (κ1) is 13.3. The van der Waals surface area contributed by atoms with Gasteiger partial charge >= 0.3 is 0 Å². The van der Waals surface area contributed by atoms with E-state index in [0.717, 1.165) is 18.8 Å². The summed E-state index contributed by atoms with van der Waals surface area (Å²) in [5.41, 5.74) is 1.27. The SMILES string of the molecule is CC1CCC(N(C)c2ccc(CO)cc2F)CC1. The van der Waals surface area contributed by atoms with Crippen LogP contribution in [-0.4, -0.2) is 18.2 Å². The van der Waals surface area contributed by atoms with Crippen LogP contribution in [0.1, 0.15) is 38.2 Å². The lowest BCUT2D eigenvalue weighted by atomic mass is 9.86. The lowest BCUT2D eigenvalue weighted by Gasteiger charge is -2.35. The minimum atomic E-state index is -0.234. The minimum absolute atomic E-state index is 0.109. The summed E-state index contributed by atoms with van der Waals surface area (Å²) in [5.74, 6) is 0.568. The van der Waals surface area contributed by atoms with Gasteiger partial charge in [0.05, 0.1) is 12.3 Å². The van der Waals surface area contributed by atoms with Gasteiger partial charge in [-0.05, 0) is 49.3 Å². The predicted octanol–water partition coefficient (Wildman–Crippen LogP) is 3.33. The van der Waals surface area contributed by atoms with E-state index in [1.165, 1.54) is 18.9 Å². The average Bonchev–Trinajstić information content (AvgIpc) is 2.38. The van der Waals surface area contributed by atoms with E-state index in [1.807, 2.05) is 7.05 Å². The molecule has 0 bridgehead atoms. The zero-order valence-corrected chi connectivity index (χ0v) is 11.2. The van der Waals surface area contributed by atoms with E-state index in [1.54, 1.807) is 12.1 Å². The van der Waals surface area contributed by atoms with Crippen molar-refractivity contribution in [3.05, 3.63) is 29.6 Å². The number of rotatable bonds is 3. The van der Waals surface area contributed by atoms with Crippen LogP contribution in [0.5, 0.6) is 0 Å². The Bertz CT molecular complexity index is 399. The van der Waals surface area contributed by atoms with E-state index >= 15 is 0 Å². The molecule has 1 saturated carbocycles. The normalized spacial score (nSPS) is 24.0. The summed E-state index contributed by atoms with van der Waals surface area (Å²) in [6.45, 7) is 2.18. The highest BCUT2D eigenvalue weighted by Gasteiger charge is 2.23. The van der Waals surface area contributed by atoms with Gasteiger partial charge in [-0.1, -0.05) is 13.0 Å². The van der Waals surface area contributed by atoms with E-state index < -0.39 is 0 Å². The Kier molecular flexibility index (Phi) is 4.23. The summed E-state index contributed by atoms with van der Waals surface area (Å²) in [7, 11) is 1.97. The first-order valence-corrected chi connectivity index (χ1v) is 6.74. The number of anilines is 1. The van der Waals surface area contributed by atoms with E-state index in [-0.39, 0.29) is 12.4 Å². The number of hydrogen-bond acceptors (Lipinski definition) is 2. The molecule has 100 valence electrons. The van der Waals surface area contributed by atoms with E-state index in [4.69, 9.17) is 5.11 Å². The summed E-state index contributed by atoms with van der Waals surface area (Å²) in [4.78, 5) is 2.06. The third kappa shape index (κ3) is 2.83. The van der Waals surface area contributed by atoms with E-state index in [9.17, 15) is 4.39 Å². The number of aliphatic hydroxyl groups is 1. The Morgan fingerprint density at radius 2 is 1.94 bits per heavy atom. The van der Waals surface area contributed by atoms with E-state index in [2.05, 4.69) is 11.8 Å². The molecule has 0 spiro atoms. The maximum absolute atomic E-state index is 14.0. The van der Waals surface area contributed by atoms with Crippen LogP contribution in [-0.2, 0) is 6.61 Å². The first-order chi connectivity index (χ1) is 8.61. The smallest absolute Gasteiger partial charge is 0.146 e. The quantitative estimate of drug-likeness (QED) is 0.890. The van der Waals surface area contributed by atoms with E-state index in [0.29, 0.717) is 17.3 Å². The van der Waals surface area contributed by atoms with Crippen molar-refractivity contribution < 1.29 is 9.50 Å². The molecule has 0 heterocycles.